The topological polar surface area (TPSA) is 43.4 Å². The van der Waals surface area contributed by atoms with E-state index < -0.39 is 9.05 Å². The molecule has 0 aliphatic rings. The van der Waals surface area contributed by atoms with Crippen LogP contribution >= 0.6 is 10.7 Å². The zero-order valence-corrected chi connectivity index (χ0v) is 11.1. The number of hydrogen-bond donors (Lipinski definition) is 0. The van der Waals surface area contributed by atoms with Gasteiger partial charge in [-0.3, -0.25) is 0 Å². The monoisotopic (exact) mass is 256 g/mol. The van der Waals surface area contributed by atoms with E-state index in [0.29, 0.717) is 13.2 Å². The Morgan fingerprint density at radius 2 is 1.93 bits per heavy atom. The van der Waals surface area contributed by atoms with Crippen molar-refractivity contribution in [2.24, 2.45) is 5.92 Å². The Hall–Kier alpha value is 0.200. The average Bonchev–Trinajstić information content (AvgIpc) is 2.10. The maximum absolute atomic E-state index is 10.9. The molecule has 1 atom stereocenters. The highest BCUT2D eigenvalue weighted by atomic mass is 35.7. The van der Waals surface area contributed by atoms with Crippen molar-refractivity contribution in [3.63, 3.8) is 0 Å². The molecule has 0 saturated heterocycles. The third kappa shape index (κ3) is 10.5. The van der Waals surface area contributed by atoms with Gasteiger partial charge in [-0.15, -0.1) is 0 Å². The molecule has 0 aromatic carbocycles. The molecule has 0 bridgehead atoms. The lowest BCUT2D eigenvalue weighted by Gasteiger charge is -2.14. The molecule has 0 aromatic rings. The molecule has 0 radical (unpaired) electrons. The van der Waals surface area contributed by atoms with Gasteiger partial charge in [-0.25, -0.2) is 8.42 Å². The molecule has 5 heteroatoms. The molecule has 3 nitrogen and oxygen atoms in total. The Bertz CT molecular complexity index is 239. The molecule has 92 valence electrons. The van der Waals surface area contributed by atoms with Crippen molar-refractivity contribution >= 4 is 19.7 Å². The normalized spacial score (nSPS) is 14.1. The average molecular weight is 257 g/mol. The minimum Gasteiger partial charge on any atom is -0.381 e. The Morgan fingerprint density at radius 1 is 1.27 bits per heavy atom. The smallest absolute Gasteiger partial charge is 0.232 e. The van der Waals surface area contributed by atoms with E-state index in [1.807, 2.05) is 6.92 Å². The van der Waals surface area contributed by atoms with Crippen LogP contribution < -0.4 is 0 Å². The molecular formula is C10H21ClO3S. The molecule has 0 spiro atoms. The summed E-state index contributed by atoms with van der Waals surface area (Å²) in [6.07, 6.45) is 3.91. The summed E-state index contributed by atoms with van der Waals surface area (Å²) >= 11 is 0. The van der Waals surface area contributed by atoms with Crippen LogP contribution in [0.25, 0.3) is 0 Å². The van der Waals surface area contributed by atoms with Crippen molar-refractivity contribution in [2.75, 3.05) is 19.0 Å². The van der Waals surface area contributed by atoms with E-state index in [9.17, 15) is 8.42 Å². The number of rotatable bonds is 9. The molecule has 0 amide bonds. The summed E-state index contributed by atoms with van der Waals surface area (Å²) in [7, 11) is 1.82. The van der Waals surface area contributed by atoms with Crippen LogP contribution in [0.2, 0.25) is 0 Å². The predicted molar refractivity (Wildman–Crippen MR) is 63.8 cm³/mol. The Kier molecular flexibility index (Phi) is 8.47. The van der Waals surface area contributed by atoms with Crippen molar-refractivity contribution in [2.45, 2.75) is 39.5 Å². The predicted octanol–water partition coefficient (Wildman–Crippen LogP) is 2.79. The van der Waals surface area contributed by atoms with Crippen molar-refractivity contribution in [1.82, 2.24) is 0 Å². The molecule has 0 N–H and O–H groups in total. The molecule has 0 aliphatic carbocycles. The third-order valence-corrected chi connectivity index (χ3v) is 3.38. The summed E-state index contributed by atoms with van der Waals surface area (Å²) in [6, 6.07) is 0. The van der Waals surface area contributed by atoms with Gasteiger partial charge in [0.15, 0.2) is 0 Å². The molecule has 0 aromatic heterocycles. The van der Waals surface area contributed by atoms with Crippen LogP contribution in [0, 0.1) is 5.92 Å². The first-order valence-electron chi connectivity index (χ1n) is 5.49. The first-order chi connectivity index (χ1) is 6.99. The van der Waals surface area contributed by atoms with E-state index in [-0.39, 0.29) is 11.7 Å². The molecule has 0 aliphatic heterocycles. The second-order valence-electron chi connectivity index (χ2n) is 3.79. The lowest BCUT2D eigenvalue weighted by molar-refractivity contribution is 0.100. The second-order valence-corrected chi connectivity index (χ2v) is 6.61. The van der Waals surface area contributed by atoms with E-state index in [1.165, 1.54) is 0 Å². The maximum atomic E-state index is 10.9. The Morgan fingerprint density at radius 3 is 2.40 bits per heavy atom. The maximum Gasteiger partial charge on any atom is 0.232 e. The van der Waals surface area contributed by atoms with Gasteiger partial charge in [0.2, 0.25) is 9.05 Å². The highest BCUT2D eigenvalue weighted by molar-refractivity contribution is 8.13. The molecular weight excluding hydrogens is 236 g/mol. The van der Waals surface area contributed by atoms with Crippen LogP contribution in [0.15, 0.2) is 0 Å². The lowest BCUT2D eigenvalue weighted by Crippen LogP contribution is -2.18. The van der Waals surface area contributed by atoms with E-state index in [2.05, 4.69) is 6.92 Å². The van der Waals surface area contributed by atoms with Crippen molar-refractivity contribution in [3.8, 4) is 0 Å². The van der Waals surface area contributed by atoms with E-state index in [1.54, 1.807) is 0 Å². The van der Waals surface area contributed by atoms with Gasteiger partial charge in [-0.1, -0.05) is 26.7 Å². The summed E-state index contributed by atoms with van der Waals surface area (Å²) in [5.41, 5.74) is 0. The van der Waals surface area contributed by atoms with Crippen LogP contribution in [-0.4, -0.2) is 27.4 Å². The van der Waals surface area contributed by atoms with E-state index in [0.717, 1.165) is 25.7 Å². The highest BCUT2D eigenvalue weighted by Gasteiger charge is 2.16. The van der Waals surface area contributed by atoms with Crippen LogP contribution in [0.3, 0.4) is 0 Å². The van der Waals surface area contributed by atoms with Gasteiger partial charge < -0.3 is 4.74 Å². The zero-order valence-electron chi connectivity index (χ0n) is 9.54. The molecule has 0 heterocycles. The van der Waals surface area contributed by atoms with Gasteiger partial charge >= 0.3 is 0 Å². The van der Waals surface area contributed by atoms with Crippen LogP contribution in [0.1, 0.15) is 39.5 Å². The van der Waals surface area contributed by atoms with Gasteiger partial charge in [-0.2, -0.15) is 0 Å². The Balaban J connectivity index is 3.83. The SMILES string of the molecule is CCCCOCC(CCC)CS(=O)(=O)Cl. The fourth-order valence-electron chi connectivity index (χ4n) is 1.40. The highest BCUT2D eigenvalue weighted by Crippen LogP contribution is 2.13. The first kappa shape index (κ1) is 15.2. The molecule has 1 unspecified atom stereocenters. The summed E-state index contributed by atoms with van der Waals surface area (Å²) in [4.78, 5) is 0. The number of halogens is 1. The number of hydrogen-bond acceptors (Lipinski definition) is 3. The largest absolute Gasteiger partial charge is 0.381 e. The molecule has 0 rings (SSSR count). The van der Waals surface area contributed by atoms with Crippen molar-refractivity contribution in [1.29, 1.82) is 0 Å². The minimum absolute atomic E-state index is 0.0223. The van der Waals surface area contributed by atoms with Gasteiger partial charge in [0.25, 0.3) is 0 Å². The van der Waals surface area contributed by atoms with Gasteiger partial charge in [0, 0.05) is 17.3 Å². The summed E-state index contributed by atoms with van der Waals surface area (Å²) in [5, 5.41) is 0. The molecule has 0 fully saturated rings. The third-order valence-electron chi connectivity index (χ3n) is 2.13. The summed E-state index contributed by atoms with van der Waals surface area (Å²) in [5.74, 6) is 0.0588. The molecule has 15 heavy (non-hydrogen) atoms. The summed E-state index contributed by atoms with van der Waals surface area (Å²) in [6.45, 7) is 5.33. The lowest BCUT2D eigenvalue weighted by atomic mass is 10.1. The zero-order chi connectivity index (χ0) is 11.7. The Labute approximate surface area is 97.6 Å². The fraction of sp³-hybridized carbons (Fsp3) is 1.00. The molecule has 0 saturated carbocycles. The van der Waals surface area contributed by atoms with E-state index >= 15 is 0 Å². The van der Waals surface area contributed by atoms with E-state index in [4.69, 9.17) is 15.4 Å². The fourth-order valence-corrected chi connectivity index (χ4v) is 2.76. The van der Waals surface area contributed by atoms with Crippen LogP contribution in [0.4, 0.5) is 0 Å². The van der Waals surface area contributed by atoms with Gasteiger partial charge in [-0.05, 0) is 18.8 Å². The van der Waals surface area contributed by atoms with Crippen molar-refractivity contribution in [3.05, 3.63) is 0 Å². The quantitative estimate of drug-likeness (QED) is 0.471. The standard InChI is InChI=1S/C10H21ClO3S/c1-3-5-7-14-8-10(6-4-2)9-15(11,12)13/h10H,3-9H2,1-2H3. The van der Waals surface area contributed by atoms with Crippen molar-refractivity contribution < 1.29 is 13.2 Å². The number of ether oxygens (including phenoxy) is 1. The van der Waals surface area contributed by atoms with Crippen LogP contribution in [-0.2, 0) is 13.8 Å². The van der Waals surface area contributed by atoms with Gasteiger partial charge in [0.1, 0.15) is 0 Å². The first-order valence-corrected chi connectivity index (χ1v) is 7.97. The van der Waals surface area contributed by atoms with Gasteiger partial charge in [0.05, 0.1) is 12.4 Å². The van der Waals surface area contributed by atoms with Crippen LogP contribution in [0.5, 0.6) is 0 Å². The minimum atomic E-state index is -3.40. The summed E-state index contributed by atoms with van der Waals surface area (Å²) < 4.78 is 27.2. The second kappa shape index (κ2) is 8.36. The number of unbranched alkanes of at least 4 members (excludes halogenated alkanes) is 1.